The van der Waals surface area contributed by atoms with Gasteiger partial charge in [0.1, 0.15) is 22.7 Å². The summed E-state index contributed by atoms with van der Waals surface area (Å²) in [6, 6.07) is 16.8. The molecule has 4 heterocycles. The number of amides is 1. The highest BCUT2D eigenvalue weighted by Gasteiger charge is 2.47. The van der Waals surface area contributed by atoms with Gasteiger partial charge < -0.3 is 29.6 Å². The minimum Gasteiger partial charge on any atom is -0.508 e. The van der Waals surface area contributed by atoms with E-state index in [4.69, 9.17) is 20.4 Å². The maximum atomic E-state index is 13.7. The van der Waals surface area contributed by atoms with E-state index in [0.29, 0.717) is 52.0 Å². The summed E-state index contributed by atoms with van der Waals surface area (Å²) in [6.45, 7) is 1.51. The number of phenolic OH excluding ortho intramolecular Hbond substituents is 1. The van der Waals surface area contributed by atoms with Gasteiger partial charge in [-0.1, -0.05) is 0 Å². The number of phenols is 1. The number of likely N-dealkylation sites (tertiary alicyclic amines) is 1. The first-order valence-corrected chi connectivity index (χ1v) is 15.2. The second-order valence-corrected chi connectivity index (χ2v) is 12.5. The Kier molecular flexibility index (Phi) is 5.97. The third kappa shape index (κ3) is 4.07. The van der Waals surface area contributed by atoms with Crippen LogP contribution < -0.4 is 10.5 Å². The molecular formula is C34H33N7O3. The molecule has 3 N–H and O–H groups in total. The Balaban J connectivity index is 1.25. The van der Waals surface area contributed by atoms with Crippen LogP contribution in [0.5, 0.6) is 11.5 Å². The Bertz CT molecular complexity index is 2030. The molecule has 2 bridgehead atoms. The Morgan fingerprint density at radius 3 is 2.66 bits per heavy atom. The van der Waals surface area contributed by atoms with Gasteiger partial charge in [-0.2, -0.15) is 5.26 Å². The molecule has 8 rings (SSSR count). The molecule has 10 heteroatoms. The van der Waals surface area contributed by atoms with Crippen LogP contribution in [0.4, 0.5) is 0 Å². The van der Waals surface area contributed by atoms with E-state index in [0.717, 1.165) is 47.5 Å². The van der Waals surface area contributed by atoms with Crippen molar-refractivity contribution < 1.29 is 14.6 Å². The standard InChI is InChI=1S/C34H33N7O3/c1-39-31-26(12-21(14-29(31)44-2)34(43)41-17-20-6-10-27(41)30(20)36)38-33(39)28-13-19-5-9-25(24-8-7-23(42)11-22(24)15-35)37-32(19)40(28)16-18-3-4-18/h5,7-9,11-14,18,20,27,30,42H,3-4,6,10,16-17,36H2,1-2H3. The average molecular weight is 588 g/mol. The molecule has 0 spiro atoms. The number of fused-ring (bicyclic) bond motifs is 4. The number of rotatable bonds is 6. The number of ether oxygens (including phenoxy) is 1. The summed E-state index contributed by atoms with van der Waals surface area (Å²) < 4.78 is 10.1. The number of piperidine rings is 1. The number of hydrogen-bond donors (Lipinski definition) is 2. The smallest absolute Gasteiger partial charge is 0.254 e. The quantitative estimate of drug-likeness (QED) is 0.291. The third-order valence-electron chi connectivity index (χ3n) is 9.83. The van der Waals surface area contributed by atoms with Gasteiger partial charge in [-0.05, 0) is 86.1 Å². The number of methoxy groups -OCH3 is 1. The van der Waals surface area contributed by atoms with Crippen LogP contribution in [-0.2, 0) is 13.6 Å². The second kappa shape index (κ2) is 9.82. The lowest BCUT2D eigenvalue weighted by atomic mass is 10.0. The monoisotopic (exact) mass is 587 g/mol. The highest BCUT2D eigenvalue weighted by Crippen LogP contribution is 2.40. The van der Waals surface area contributed by atoms with Crippen LogP contribution in [0.15, 0.2) is 48.5 Å². The third-order valence-corrected chi connectivity index (χ3v) is 9.83. The van der Waals surface area contributed by atoms with E-state index >= 15 is 0 Å². The highest BCUT2D eigenvalue weighted by atomic mass is 16.5. The SMILES string of the molecule is COc1cc(C(=O)N2CC3CCC2C3N)cc2nc(-c3cc4ccc(-c5ccc(O)cc5C#N)nc4n3CC3CC3)n(C)c12. The predicted octanol–water partition coefficient (Wildman–Crippen LogP) is 4.81. The summed E-state index contributed by atoms with van der Waals surface area (Å²) >= 11 is 0. The molecular weight excluding hydrogens is 554 g/mol. The minimum absolute atomic E-state index is 0.0226. The Morgan fingerprint density at radius 1 is 1.11 bits per heavy atom. The van der Waals surface area contributed by atoms with Crippen LogP contribution in [0.25, 0.3) is 44.8 Å². The number of benzene rings is 2. The molecule has 3 unspecified atom stereocenters. The maximum absolute atomic E-state index is 13.7. The Morgan fingerprint density at radius 2 is 1.95 bits per heavy atom. The highest BCUT2D eigenvalue weighted by molar-refractivity contribution is 6.00. The lowest BCUT2D eigenvalue weighted by molar-refractivity contribution is 0.0700. The normalized spacial score (nSPS) is 21.0. The van der Waals surface area contributed by atoms with Crippen molar-refractivity contribution in [3.8, 4) is 40.3 Å². The number of imidazole rings is 1. The number of aromatic hydroxyl groups is 1. The van der Waals surface area contributed by atoms with Crippen molar-refractivity contribution in [1.29, 1.82) is 5.26 Å². The zero-order valence-electron chi connectivity index (χ0n) is 24.7. The second-order valence-electron chi connectivity index (χ2n) is 12.5. The van der Waals surface area contributed by atoms with E-state index in [-0.39, 0.29) is 23.7 Å². The number of nitrogens with two attached hydrogens (primary N) is 1. The lowest BCUT2D eigenvalue weighted by Gasteiger charge is -2.27. The summed E-state index contributed by atoms with van der Waals surface area (Å²) in [5, 5.41) is 20.6. The summed E-state index contributed by atoms with van der Waals surface area (Å²) in [6.07, 6.45) is 4.37. The number of aromatic nitrogens is 4. The van der Waals surface area contributed by atoms with Gasteiger partial charge in [0.25, 0.3) is 5.91 Å². The fourth-order valence-electron chi connectivity index (χ4n) is 7.32. The molecule has 10 nitrogen and oxygen atoms in total. The maximum Gasteiger partial charge on any atom is 0.254 e. The van der Waals surface area contributed by atoms with Crippen LogP contribution in [0.1, 0.15) is 41.6 Å². The van der Waals surface area contributed by atoms with Crippen LogP contribution >= 0.6 is 0 Å². The van der Waals surface area contributed by atoms with E-state index in [1.807, 2.05) is 40.8 Å². The van der Waals surface area contributed by atoms with Crippen molar-refractivity contribution in [3.05, 3.63) is 59.7 Å². The summed E-state index contributed by atoms with van der Waals surface area (Å²) in [7, 11) is 3.60. The van der Waals surface area contributed by atoms with Gasteiger partial charge in [0.2, 0.25) is 0 Å². The number of hydrogen-bond acceptors (Lipinski definition) is 7. The van der Waals surface area contributed by atoms with E-state index < -0.39 is 0 Å². The lowest BCUT2D eigenvalue weighted by Crippen LogP contribution is -2.41. The zero-order valence-corrected chi connectivity index (χ0v) is 24.7. The van der Waals surface area contributed by atoms with E-state index in [1.165, 1.54) is 18.9 Å². The molecule has 1 aliphatic heterocycles. The van der Waals surface area contributed by atoms with E-state index in [2.05, 4.69) is 16.7 Å². The summed E-state index contributed by atoms with van der Waals surface area (Å²) in [5.41, 5.74) is 11.9. The Labute approximate surface area is 254 Å². The molecule has 3 aromatic heterocycles. The Hall–Kier alpha value is -4.88. The van der Waals surface area contributed by atoms with Gasteiger partial charge in [-0.15, -0.1) is 0 Å². The van der Waals surface area contributed by atoms with Gasteiger partial charge in [0.05, 0.1) is 35.6 Å². The number of aryl methyl sites for hydroxylation is 1. The number of pyridine rings is 1. The molecule has 1 saturated heterocycles. The van der Waals surface area contributed by atoms with Crippen LogP contribution in [0.3, 0.4) is 0 Å². The van der Waals surface area contributed by atoms with Crippen LogP contribution in [0, 0.1) is 23.2 Å². The predicted molar refractivity (Wildman–Crippen MR) is 166 cm³/mol. The molecule has 3 fully saturated rings. The molecule has 0 radical (unpaired) electrons. The largest absolute Gasteiger partial charge is 0.508 e. The molecule has 3 aliphatic rings. The first-order valence-electron chi connectivity index (χ1n) is 15.2. The fraction of sp³-hybridized carbons (Fsp3) is 0.353. The number of nitriles is 1. The fourth-order valence-corrected chi connectivity index (χ4v) is 7.32. The molecule has 5 aromatic rings. The van der Waals surface area contributed by atoms with Crippen molar-refractivity contribution in [3.63, 3.8) is 0 Å². The first kappa shape index (κ1) is 26.7. The van der Waals surface area contributed by atoms with Crippen LogP contribution in [-0.4, -0.2) is 60.8 Å². The summed E-state index contributed by atoms with van der Waals surface area (Å²) in [5.74, 6) is 2.32. The van der Waals surface area contributed by atoms with Crippen molar-refractivity contribution in [1.82, 2.24) is 24.0 Å². The molecule has 3 atom stereocenters. The summed E-state index contributed by atoms with van der Waals surface area (Å²) in [4.78, 5) is 25.8. The van der Waals surface area contributed by atoms with Crippen molar-refractivity contribution in [2.45, 2.75) is 44.3 Å². The first-order chi connectivity index (χ1) is 21.3. The van der Waals surface area contributed by atoms with Crippen molar-refractivity contribution in [2.75, 3.05) is 13.7 Å². The van der Waals surface area contributed by atoms with Crippen LogP contribution in [0.2, 0.25) is 0 Å². The van der Waals surface area contributed by atoms with Crippen molar-refractivity contribution >= 4 is 28.0 Å². The van der Waals surface area contributed by atoms with Gasteiger partial charge in [-0.25, -0.2) is 9.97 Å². The molecule has 222 valence electrons. The average Bonchev–Trinajstić information content (AvgIpc) is 3.44. The van der Waals surface area contributed by atoms with Gasteiger partial charge in [0.15, 0.2) is 5.82 Å². The number of nitrogens with zero attached hydrogens (tertiary/aromatic N) is 6. The van der Waals surface area contributed by atoms with Crippen molar-refractivity contribution in [2.24, 2.45) is 24.6 Å². The topological polar surface area (TPSA) is 135 Å². The molecule has 1 amide bonds. The minimum atomic E-state index is -0.0226. The van der Waals surface area contributed by atoms with Gasteiger partial charge >= 0.3 is 0 Å². The molecule has 44 heavy (non-hydrogen) atoms. The van der Waals surface area contributed by atoms with Gasteiger partial charge in [0, 0.05) is 48.7 Å². The van der Waals surface area contributed by atoms with E-state index in [1.54, 1.807) is 19.2 Å². The van der Waals surface area contributed by atoms with Gasteiger partial charge in [-0.3, -0.25) is 4.79 Å². The molecule has 2 saturated carbocycles. The zero-order chi connectivity index (χ0) is 30.3. The molecule has 2 aromatic carbocycles. The van der Waals surface area contributed by atoms with E-state index in [9.17, 15) is 15.2 Å². The number of carbonyl (C=O) groups excluding carboxylic acids is 1. The number of carbonyl (C=O) groups is 1. The molecule has 2 aliphatic carbocycles.